The van der Waals surface area contributed by atoms with E-state index in [0.717, 1.165) is 17.0 Å². The maximum absolute atomic E-state index is 6.12. The van der Waals surface area contributed by atoms with Gasteiger partial charge in [0.15, 0.2) is 0 Å². The minimum Gasteiger partial charge on any atom is -0.495 e. The molecule has 0 aromatic heterocycles. The van der Waals surface area contributed by atoms with Gasteiger partial charge in [-0.25, -0.2) is 0 Å². The molecule has 0 aliphatic heterocycles. The average molecular weight is 326 g/mol. The normalized spacial score (nSPS) is 10.3. The number of hydrogen-bond acceptors (Lipinski definition) is 3. The van der Waals surface area contributed by atoms with Crippen LogP contribution in [0.5, 0.6) is 11.5 Å². The topological polar surface area (TPSA) is 30.5 Å². The van der Waals surface area contributed by atoms with Gasteiger partial charge in [0, 0.05) is 22.8 Å². The first kappa shape index (κ1) is 15.8. The number of rotatable bonds is 6. The van der Waals surface area contributed by atoms with E-state index in [9.17, 15) is 0 Å². The lowest BCUT2D eigenvalue weighted by Crippen LogP contribution is -2.02. The van der Waals surface area contributed by atoms with Crippen LogP contribution in [0.15, 0.2) is 36.4 Å². The van der Waals surface area contributed by atoms with Crippen molar-refractivity contribution in [3.05, 3.63) is 52.0 Å². The highest BCUT2D eigenvalue weighted by atomic mass is 35.5. The number of methoxy groups -OCH3 is 1. The zero-order valence-electron chi connectivity index (χ0n) is 12.0. The number of halogens is 2. The summed E-state index contributed by atoms with van der Waals surface area (Å²) in [5.74, 6) is 1.49. The fourth-order valence-corrected chi connectivity index (χ4v) is 2.62. The molecular weight excluding hydrogens is 309 g/mol. The molecule has 0 amide bonds. The Hall–Kier alpha value is -1.58. The molecule has 0 aliphatic carbocycles. The molecule has 112 valence electrons. The van der Waals surface area contributed by atoms with E-state index in [1.807, 2.05) is 37.3 Å². The fourth-order valence-electron chi connectivity index (χ4n) is 2.01. The van der Waals surface area contributed by atoms with Crippen LogP contribution in [0.4, 0.5) is 5.69 Å². The van der Waals surface area contributed by atoms with Gasteiger partial charge in [0.05, 0.1) is 18.7 Å². The van der Waals surface area contributed by atoms with E-state index in [1.165, 1.54) is 0 Å². The minimum absolute atomic E-state index is 0.508. The number of nitrogens with one attached hydrogen (secondary N) is 1. The van der Waals surface area contributed by atoms with Crippen LogP contribution in [0, 0.1) is 0 Å². The summed E-state index contributed by atoms with van der Waals surface area (Å²) in [7, 11) is 1.59. The lowest BCUT2D eigenvalue weighted by Gasteiger charge is -2.13. The van der Waals surface area contributed by atoms with E-state index in [4.69, 9.17) is 32.7 Å². The smallest absolute Gasteiger partial charge is 0.142 e. The lowest BCUT2D eigenvalue weighted by atomic mass is 10.2. The monoisotopic (exact) mass is 325 g/mol. The predicted molar refractivity (Wildman–Crippen MR) is 88.0 cm³/mol. The van der Waals surface area contributed by atoms with Gasteiger partial charge >= 0.3 is 0 Å². The van der Waals surface area contributed by atoms with Gasteiger partial charge in [-0.3, -0.25) is 0 Å². The molecule has 0 spiro atoms. The molecule has 0 aliphatic rings. The zero-order valence-corrected chi connectivity index (χ0v) is 13.5. The molecule has 1 N–H and O–H groups in total. The Balaban J connectivity index is 2.09. The van der Waals surface area contributed by atoms with Gasteiger partial charge in [-0.1, -0.05) is 23.2 Å². The maximum Gasteiger partial charge on any atom is 0.142 e. The second-order valence-electron chi connectivity index (χ2n) is 4.39. The van der Waals surface area contributed by atoms with E-state index >= 15 is 0 Å². The third kappa shape index (κ3) is 4.19. The van der Waals surface area contributed by atoms with Crippen LogP contribution >= 0.6 is 23.2 Å². The number of ether oxygens (including phenoxy) is 2. The number of anilines is 1. The summed E-state index contributed by atoms with van der Waals surface area (Å²) in [6.07, 6.45) is 0. The first-order chi connectivity index (χ1) is 10.1. The van der Waals surface area contributed by atoms with Gasteiger partial charge in [-0.15, -0.1) is 0 Å². The van der Waals surface area contributed by atoms with Gasteiger partial charge in [-0.2, -0.15) is 0 Å². The Labute approximate surface area is 134 Å². The van der Waals surface area contributed by atoms with Crippen molar-refractivity contribution in [3.8, 4) is 11.5 Å². The standard InChI is InChI=1S/C16H17Cl2NO2/c1-3-21-14-6-4-13(5-7-14)19-10-11-8-12(17)9-15(18)16(11)20-2/h4-9,19H,3,10H2,1-2H3. The second kappa shape index (κ2) is 7.43. The highest BCUT2D eigenvalue weighted by Crippen LogP contribution is 2.32. The summed E-state index contributed by atoms with van der Waals surface area (Å²) >= 11 is 12.2. The van der Waals surface area contributed by atoms with E-state index in [2.05, 4.69) is 5.32 Å². The highest BCUT2D eigenvalue weighted by Gasteiger charge is 2.09. The van der Waals surface area contributed by atoms with Crippen molar-refractivity contribution in [3.63, 3.8) is 0 Å². The molecule has 0 saturated heterocycles. The zero-order chi connectivity index (χ0) is 15.2. The van der Waals surface area contributed by atoms with Crippen LogP contribution in [0.25, 0.3) is 0 Å². The summed E-state index contributed by atoms with van der Waals surface area (Å²) in [6.45, 7) is 3.18. The quantitative estimate of drug-likeness (QED) is 0.809. The van der Waals surface area contributed by atoms with Gasteiger partial charge in [-0.05, 0) is 43.3 Å². The molecule has 0 atom stereocenters. The molecular formula is C16H17Cl2NO2. The van der Waals surface area contributed by atoms with Crippen LogP contribution in [0.1, 0.15) is 12.5 Å². The SMILES string of the molecule is CCOc1ccc(NCc2cc(Cl)cc(Cl)c2OC)cc1. The summed E-state index contributed by atoms with van der Waals surface area (Å²) in [5.41, 5.74) is 1.89. The van der Waals surface area contributed by atoms with E-state index < -0.39 is 0 Å². The molecule has 0 unspecified atom stereocenters. The summed E-state index contributed by atoms with van der Waals surface area (Å²) in [5, 5.41) is 4.40. The summed E-state index contributed by atoms with van der Waals surface area (Å²) in [4.78, 5) is 0. The van der Waals surface area contributed by atoms with Crippen LogP contribution in [-0.2, 0) is 6.54 Å². The van der Waals surface area contributed by atoms with Crippen LogP contribution in [-0.4, -0.2) is 13.7 Å². The van der Waals surface area contributed by atoms with Crippen molar-refractivity contribution in [1.29, 1.82) is 0 Å². The first-order valence-electron chi connectivity index (χ1n) is 6.62. The average Bonchev–Trinajstić information content (AvgIpc) is 2.46. The molecule has 2 rings (SSSR count). The molecule has 0 saturated carbocycles. The predicted octanol–water partition coefficient (Wildman–Crippen LogP) is 5.01. The molecule has 5 heteroatoms. The molecule has 0 bridgehead atoms. The molecule has 2 aromatic carbocycles. The molecule has 0 heterocycles. The third-order valence-electron chi connectivity index (χ3n) is 2.94. The van der Waals surface area contributed by atoms with Gasteiger partial charge in [0.2, 0.25) is 0 Å². The maximum atomic E-state index is 6.12. The number of hydrogen-bond donors (Lipinski definition) is 1. The van der Waals surface area contributed by atoms with Crippen molar-refractivity contribution in [2.75, 3.05) is 19.0 Å². The van der Waals surface area contributed by atoms with Crippen molar-refractivity contribution in [2.45, 2.75) is 13.5 Å². The second-order valence-corrected chi connectivity index (χ2v) is 5.23. The number of benzene rings is 2. The van der Waals surface area contributed by atoms with Crippen molar-refractivity contribution in [1.82, 2.24) is 0 Å². The third-order valence-corrected chi connectivity index (χ3v) is 3.44. The Bertz CT molecular complexity index is 600. The Kier molecular flexibility index (Phi) is 5.59. The molecule has 2 aromatic rings. The molecule has 0 fully saturated rings. The summed E-state index contributed by atoms with van der Waals surface area (Å²) in [6, 6.07) is 11.3. The van der Waals surface area contributed by atoms with Crippen molar-refractivity contribution in [2.24, 2.45) is 0 Å². The van der Waals surface area contributed by atoms with Crippen LogP contribution in [0.3, 0.4) is 0 Å². The fraction of sp³-hybridized carbons (Fsp3) is 0.250. The van der Waals surface area contributed by atoms with Crippen LogP contribution in [0.2, 0.25) is 10.0 Å². The van der Waals surface area contributed by atoms with Crippen LogP contribution < -0.4 is 14.8 Å². The largest absolute Gasteiger partial charge is 0.495 e. The summed E-state index contributed by atoms with van der Waals surface area (Å²) < 4.78 is 10.7. The Morgan fingerprint density at radius 2 is 1.81 bits per heavy atom. The highest BCUT2D eigenvalue weighted by molar-refractivity contribution is 6.35. The molecule has 0 radical (unpaired) electrons. The Morgan fingerprint density at radius 3 is 2.43 bits per heavy atom. The van der Waals surface area contributed by atoms with Gasteiger partial charge < -0.3 is 14.8 Å². The molecule has 3 nitrogen and oxygen atoms in total. The molecule has 21 heavy (non-hydrogen) atoms. The van der Waals surface area contributed by atoms with E-state index in [1.54, 1.807) is 13.2 Å². The van der Waals surface area contributed by atoms with E-state index in [0.29, 0.717) is 28.9 Å². The Morgan fingerprint density at radius 1 is 1.10 bits per heavy atom. The lowest BCUT2D eigenvalue weighted by molar-refractivity contribution is 0.340. The van der Waals surface area contributed by atoms with Gasteiger partial charge in [0.1, 0.15) is 11.5 Å². The minimum atomic E-state index is 0.508. The first-order valence-corrected chi connectivity index (χ1v) is 7.38. The van der Waals surface area contributed by atoms with Gasteiger partial charge in [0.25, 0.3) is 0 Å². The van der Waals surface area contributed by atoms with Crippen molar-refractivity contribution >= 4 is 28.9 Å². The van der Waals surface area contributed by atoms with Crippen molar-refractivity contribution < 1.29 is 9.47 Å². The van der Waals surface area contributed by atoms with E-state index in [-0.39, 0.29) is 0 Å².